The van der Waals surface area contributed by atoms with E-state index in [0.29, 0.717) is 32.5 Å². The zero-order chi connectivity index (χ0) is 26.9. The molecule has 4 aromatic rings. The van der Waals surface area contributed by atoms with Crippen LogP contribution in [0.15, 0.2) is 91.1 Å². The predicted octanol–water partition coefficient (Wildman–Crippen LogP) is 4.82. The number of hydrogen-bond acceptors (Lipinski definition) is 4. The number of likely N-dealkylation sites (N-methyl/N-ethyl adjacent to an activating group) is 2. The molecule has 0 radical (unpaired) electrons. The maximum Gasteiger partial charge on any atom is 0.311 e. The predicted molar refractivity (Wildman–Crippen MR) is 151 cm³/mol. The van der Waals surface area contributed by atoms with Crippen molar-refractivity contribution < 1.29 is 14.7 Å². The van der Waals surface area contributed by atoms with E-state index in [4.69, 9.17) is 0 Å². The average molecular weight is 513 g/mol. The highest BCUT2D eigenvalue weighted by Gasteiger charge is 2.29. The highest BCUT2D eigenvalue weighted by Crippen LogP contribution is 2.28. The summed E-state index contributed by atoms with van der Waals surface area (Å²) in [4.78, 5) is 30.9. The van der Waals surface area contributed by atoms with Gasteiger partial charge in [-0.2, -0.15) is 0 Å². The molecule has 2 atom stereocenters. The van der Waals surface area contributed by atoms with Gasteiger partial charge in [-0.05, 0) is 35.6 Å². The van der Waals surface area contributed by atoms with Gasteiger partial charge in [-0.15, -0.1) is 0 Å². The fourth-order valence-corrected chi connectivity index (χ4v) is 4.95. The minimum atomic E-state index is -0.862. The molecule has 4 rings (SSSR count). The number of nitrogens with one attached hydrogen (secondary N) is 2. The number of carbonyl (C=O) groups excluding carboxylic acids is 1. The van der Waals surface area contributed by atoms with Gasteiger partial charge in [0.2, 0.25) is 5.91 Å². The smallest absolute Gasteiger partial charge is 0.311 e. The van der Waals surface area contributed by atoms with Gasteiger partial charge in [0, 0.05) is 43.8 Å². The number of hydrazine groups is 1. The Bertz CT molecular complexity index is 1320. The second-order valence-corrected chi connectivity index (χ2v) is 9.55. The lowest BCUT2D eigenvalue weighted by molar-refractivity contribution is -0.140. The lowest BCUT2D eigenvalue weighted by atomic mass is 9.95. The van der Waals surface area contributed by atoms with Crippen LogP contribution in [0.1, 0.15) is 36.0 Å². The molecule has 1 amide bonds. The Hall–Kier alpha value is -3.94. The van der Waals surface area contributed by atoms with Crippen molar-refractivity contribution in [2.45, 2.75) is 38.3 Å². The van der Waals surface area contributed by atoms with Crippen molar-refractivity contribution in [3.63, 3.8) is 0 Å². The zero-order valence-electron chi connectivity index (χ0n) is 22.0. The number of carbonyl (C=O) groups is 2. The van der Waals surface area contributed by atoms with Gasteiger partial charge in [0.05, 0.1) is 5.92 Å². The first-order valence-corrected chi connectivity index (χ1v) is 13.1. The summed E-state index contributed by atoms with van der Waals surface area (Å²) in [5, 5.41) is 12.9. The number of carboxylic acids is 1. The molecule has 0 fully saturated rings. The minimum Gasteiger partial charge on any atom is -0.481 e. The fourth-order valence-electron chi connectivity index (χ4n) is 4.95. The molecule has 0 saturated heterocycles. The van der Waals surface area contributed by atoms with E-state index in [1.54, 1.807) is 11.1 Å². The van der Waals surface area contributed by atoms with Crippen LogP contribution in [0.3, 0.4) is 0 Å². The SMILES string of the molecule is CCN(NCC[C@H](C(=O)O)c1c[nH]c2ccccc12)[C@@H](Cc1ccccc1)C(=O)N(C)Cc1ccccc1. The first-order chi connectivity index (χ1) is 18.5. The molecule has 0 aliphatic heterocycles. The van der Waals surface area contributed by atoms with Crippen LogP contribution in [0, 0.1) is 0 Å². The Morgan fingerprint density at radius 1 is 0.921 bits per heavy atom. The van der Waals surface area contributed by atoms with Gasteiger partial charge in [-0.1, -0.05) is 85.8 Å². The average Bonchev–Trinajstić information content (AvgIpc) is 3.36. The van der Waals surface area contributed by atoms with Gasteiger partial charge in [-0.3, -0.25) is 15.0 Å². The van der Waals surface area contributed by atoms with E-state index in [1.165, 1.54) is 0 Å². The van der Waals surface area contributed by atoms with E-state index in [9.17, 15) is 14.7 Å². The van der Waals surface area contributed by atoms with Crippen LogP contribution in [0.25, 0.3) is 10.9 Å². The van der Waals surface area contributed by atoms with E-state index in [-0.39, 0.29) is 5.91 Å². The maximum atomic E-state index is 13.7. The second-order valence-electron chi connectivity index (χ2n) is 9.55. The molecule has 0 bridgehead atoms. The number of aromatic nitrogens is 1. The summed E-state index contributed by atoms with van der Waals surface area (Å²) >= 11 is 0. The first-order valence-electron chi connectivity index (χ1n) is 13.1. The Morgan fingerprint density at radius 2 is 1.55 bits per heavy atom. The number of nitrogens with zero attached hydrogens (tertiary/aromatic N) is 2. The van der Waals surface area contributed by atoms with Crippen molar-refractivity contribution in [3.8, 4) is 0 Å². The highest BCUT2D eigenvalue weighted by molar-refractivity contribution is 5.89. The second kappa shape index (κ2) is 13.0. The van der Waals surface area contributed by atoms with Crippen molar-refractivity contribution in [3.05, 3.63) is 108 Å². The number of hydrogen-bond donors (Lipinski definition) is 3. The van der Waals surface area contributed by atoms with Crippen LogP contribution in [-0.2, 0) is 22.6 Å². The lowest BCUT2D eigenvalue weighted by Crippen LogP contribution is -2.54. The highest BCUT2D eigenvalue weighted by atomic mass is 16.4. The third kappa shape index (κ3) is 6.68. The summed E-state index contributed by atoms with van der Waals surface area (Å²) in [5.41, 5.74) is 7.24. The van der Waals surface area contributed by atoms with Gasteiger partial charge in [0.15, 0.2) is 0 Å². The van der Waals surface area contributed by atoms with E-state index in [0.717, 1.165) is 27.6 Å². The van der Waals surface area contributed by atoms with Crippen LogP contribution in [0.4, 0.5) is 0 Å². The number of carboxylic acid groups (broad SMARTS) is 1. The third-order valence-corrected chi connectivity index (χ3v) is 6.96. The van der Waals surface area contributed by atoms with E-state index in [2.05, 4.69) is 10.4 Å². The van der Waals surface area contributed by atoms with E-state index < -0.39 is 17.9 Å². The Morgan fingerprint density at radius 3 is 2.21 bits per heavy atom. The van der Waals surface area contributed by atoms with Crippen LogP contribution in [0.5, 0.6) is 0 Å². The van der Waals surface area contributed by atoms with Crippen LogP contribution < -0.4 is 5.43 Å². The topological polar surface area (TPSA) is 88.7 Å². The zero-order valence-corrected chi connectivity index (χ0v) is 22.0. The molecule has 1 heterocycles. The van der Waals surface area contributed by atoms with Gasteiger partial charge in [0.1, 0.15) is 6.04 Å². The normalized spacial score (nSPS) is 12.9. The number of fused-ring (bicyclic) bond motifs is 1. The van der Waals surface area contributed by atoms with Crippen LogP contribution in [0.2, 0.25) is 0 Å². The summed E-state index contributed by atoms with van der Waals surface area (Å²) in [6.07, 6.45) is 2.73. The Balaban J connectivity index is 1.48. The standard InChI is InChI=1S/C31H36N4O3/c1-3-35(33-19-18-26(31(37)38)27-21-32-28-17-11-10-16-25(27)28)29(20-23-12-6-4-7-13-23)30(36)34(2)22-24-14-8-5-9-15-24/h4-17,21,26,29,32-33H,3,18-20,22H2,1-2H3,(H,37,38)/t26-,29-/m0/s1. The van der Waals surface area contributed by atoms with Gasteiger partial charge in [-0.25, -0.2) is 5.01 Å². The summed E-state index contributed by atoms with van der Waals surface area (Å²) in [6.45, 7) is 3.53. The molecule has 0 spiro atoms. The van der Waals surface area contributed by atoms with Crippen LogP contribution in [-0.4, -0.2) is 58.1 Å². The number of para-hydroxylation sites is 1. The largest absolute Gasteiger partial charge is 0.481 e. The molecule has 0 saturated carbocycles. The Labute approximate surface area is 224 Å². The van der Waals surface area contributed by atoms with Crippen molar-refractivity contribution in [1.82, 2.24) is 20.3 Å². The number of rotatable bonds is 13. The number of benzene rings is 3. The van der Waals surface area contributed by atoms with E-state index in [1.807, 2.05) is 104 Å². The van der Waals surface area contributed by atoms with Crippen molar-refractivity contribution in [2.75, 3.05) is 20.1 Å². The van der Waals surface area contributed by atoms with Crippen molar-refractivity contribution >= 4 is 22.8 Å². The molecular formula is C31H36N4O3. The van der Waals surface area contributed by atoms with E-state index >= 15 is 0 Å². The molecule has 7 heteroatoms. The fraction of sp³-hybridized carbons (Fsp3) is 0.290. The molecule has 0 aliphatic rings. The monoisotopic (exact) mass is 512 g/mol. The molecule has 198 valence electrons. The molecule has 3 N–H and O–H groups in total. The Kier molecular flexibility index (Phi) is 9.30. The van der Waals surface area contributed by atoms with Crippen molar-refractivity contribution in [2.24, 2.45) is 0 Å². The third-order valence-electron chi connectivity index (χ3n) is 6.96. The number of H-pyrrole nitrogens is 1. The number of amides is 1. The number of aliphatic carboxylic acids is 1. The van der Waals surface area contributed by atoms with Gasteiger partial charge >= 0.3 is 5.97 Å². The van der Waals surface area contributed by atoms with Crippen molar-refractivity contribution in [1.29, 1.82) is 0 Å². The van der Waals surface area contributed by atoms with Gasteiger partial charge in [0.25, 0.3) is 0 Å². The summed E-state index contributed by atoms with van der Waals surface area (Å²) < 4.78 is 0. The molecular weight excluding hydrogens is 476 g/mol. The van der Waals surface area contributed by atoms with Crippen LogP contribution >= 0.6 is 0 Å². The molecule has 3 aromatic carbocycles. The molecule has 7 nitrogen and oxygen atoms in total. The first kappa shape index (κ1) is 27.1. The minimum absolute atomic E-state index is 0.0125. The summed E-state index contributed by atoms with van der Waals surface area (Å²) in [7, 11) is 1.83. The molecule has 0 unspecified atom stereocenters. The lowest BCUT2D eigenvalue weighted by Gasteiger charge is -2.33. The maximum absolute atomic E-state index is 13.7. The number of aromatic amines is 1. The van der Waals surface area contributed by atoms with Gasteiger partial charge < -0.3 is 15.0 Å². The molecule has 38 heavy (non-hydrogen) atoms. The summed E-state index contributed by atoms with van der Waals surface area (Å²) in [5.74, 6) is -1.51. The molecule has 1 aromatic heterocycles. The summed E-state index contributed by atoms with van der Waals surface area (Å²) in [6, 6.07) is 27.2. The quantitative estimate of drug-likeness (QED) is 0.224. The molecule has 0 aliphatic carbocycles.